The number of nitriles is 1. The van der Waals surface area contributed by atoms with Gasteiger partial charge < -0.3 is 5.32 Å². The zero-order chi connectivity index (χ0) is 20.6. The van der Waals surface area contributed by atoms with Crippen LogP contribution in [0.1, 0.15) is 25.0 Å². The first-order chi connectivity index (χ1) is 13.4. The SMILES string of the molecule is CCN(CC)S(=O)(=O)c1ccc(C=CC(=O)Nc2ccc(CC#N)cc2)cc1. The molecule has 0 bridgehead atoms. The zero-order valence-electron chi connectivity index (χ0n) is 15.9. The van der Waals surface area contributed by atoms with Crippen LogP contribution < -0.4 is 5.32 Å². The van der Waals surface area contributed by atoms with Crippen LogP contribution in [0.5, 0.6) is 0 Å². The molecule has 0 radical (unpaired) electrons. The molecule has 0 saturated carbocycles. The number of sulfonamides is 1. The van der Waals surface area contributed by atoms with Crippen LogP contribution in [0.25, 0.3) is 6.08 Å². The fourth-order valence-corrected chi connectivity index (χ4v) is 4.07. The molecular weight excluding hydrogens is 374 g/mol. The lowest BCUT2D eigenvalue weighted by molar-refractivity contribution is -0.111. The predicted octanol–water partition coefficient (Wildman–Crippen LogP) is 3.44. The van der Waals surface area contributed by atoms with Crippen molar-refractivity contribution in [2.75, 3.05) is 18.4 Å². The van der Waals surface area contributed by atoms with Crippen molar-refractivity contribution >= 4 is 27.7 Å². The highest BCUT2D eigenvalue weighted by molar-refractivity contribution is 7.89. The first kappa shape index (κ1) is 21.4. The number of carbonyl (C=O) groups is 1. The van der Waals surface area contributed by atoms with E-state index < -0.39 is 10.0 Å². The summed E-state index contributed by atoms with van der Waals surface area (Å²) >= 11 is 0. The van der Waals surface area contributed by atoms with Gasteiger partial charge in [0.25, 0.3) is 0 Å². The number of benzene rings is 2. The highest BCUT2D eigenvalue weighted by Crippen LogP contribution is 2.17. The third-order valence-corrected chi connectivity index (χ3v) is 6.22. The Kier molecular flexibility index (Phi) is 7.50. The van der Waals surface area contributed by atoms with Gasteiger partial charge in [0.1, 0.15) is 0 Å². The second-order valence-corrected chi connectivity index (χ2v) is 7.95. The lowest BCUT2D eigenvalue weighted by Crippen LogP contribution is -2.30. The average molecular weight is 398 g/mol. The lowest BCUT2D eigenvalue weighted by Gasteiger charge is -2.18. The summed E-state index contributed by atoms with van der Waals surface area (Å²) in [7, 11) is -3.49. The molecule has 146 valence electrons. The first-order valence-electron chi connectivity index (χ1n) is 8.95. The fourth-order valence-electron chi connectivity index (χ4n) is 2.62. The zero-order valence-corrected chi connectivity index (χ0v) is 16.7. The largest absolute Gasteiger partial charge is 0.323 e. The van der Waals surface area contributed by atoms with Gasteiger partial charge in [-0.3, -0.25) is 4.79 Å². The van der Waals surface area contributed by atoms with Gasteiger partial charge in [-0.1, -0.05) is 38.1 Å². The number of amides is 1. The number of hydrogen-bond donors (Lipinski definition) is 1. The van der Waals surface area contributed by atoms with Gasteiger partial charge in [-0.05, 0) is 41.5 Å². The summed E-state index contributed by atoms with van der Waals surface area (Å²) in [5.41, 5.74) is 2.24. The number of nitrogens with zero attached hydrogens (tertiary/aromatic N) is 2. The van der Waals surface area contributed by atoms with Crippen molar-refractivity contribution in [3.05, 3.63) is 65.7 Å². The number of hydrogen-bond acceptors (Lipinski definition) is 4. The molecule has 0 atom stereocenters. The summed E-state index contributed by atoms with van der Waals surface area (Å²) in [6, 6.07) is 15.5. The minimum Gasteiger partial charge on any atom is -0.323 e. The van der Waals surface area contributed by atoms with E-state index in [9.17, 15) is 13.2 Å². The molecule has 0 unspecified atom stereocenters. The van der Waals surface area contributed by atoms with E-state index in [1.54, 1.807) is 68.5 Å². The summed E-state index contributed by atoms with van der Waals surface area (Å²) in [5, 5.41) is 11.4. The summed E-state index contributed by atoms with van der Waals surface area (Å²) in [4.78, 5) is 12.3. The lowest BCUT2D eigenvalue weighted by atomic mass is 10.1. The Hall–Kier alpha value is -2.95. The molecule has 28 heavy (non-hydrogen) atoms. The minimum atomic E-state index is -3.49. The molecule has 6 nitrogen and oxygen atoms in total. The van der Waals surface area contributed by atoms with Crippen LogP contribution in [-0.2, 0) is 21.2 Å². The normalized spacial score (nSPS) is 11.5. The molecule has 7 heteroatoms. The maximum absolute atomic E-state index is 12.5. The Balaban J connectivity index is 2.02. The molecule has 0 aliphatic carbocycles. The van der Waals surface area contributed by atoms with Gasteiger partial charge in [0, 0.05) is 24.9 Å². The molecule has 1 N–H and O–H groups in total. The Morgan fingerprint density at radius 2 is 1.68 bits per heavy atom. The number of rotatable bonds is 8. The molecule has 2 rings (SSSR count). The van der Waals surface area contributed by atoms with Gasteiger partial charge >= 0.3 is 0 Å². The average Bonchev–Trinajstić information content (AvgIpc) is 2.69. The van der Waals surface area contributed by atoms with E-state index in [2.05, 4.69) is 11.4 Å². The highest BCUT2D eigenvalue weighted by atomic mass is 32.2. The third-order valence-electron chi connectivity index (χ3n) is 4.16. The van der Waals surface area contributed by atoms with Crippen LogP contribution >= 0.6 is 0 Å². The quantitative estimate of drug-likeness (QED) is 0.691. The van der Waals surface area contributed by atoms with Crippen molar-refractivity contribution in [1.82, 2.24) is 4.31 Å². The molecule has 1 amide bonds. The summed E-state index contributed by atoms with van der Waals surface area (Å²) in [6.07, 6.45) is 3.33. The van der Waals surface area contributed by atoms with Gasteiger partial charge in [-0.2, -0.15) is 9.57 Å². The molecule has 0 fully saturated rings. The molecule has 0 aliphatic rings. The number of nitrogens with one attached hydrogen (secondary N) is 1. The number of carbonyl (C=O) groups excluding carboxylic acids is 1. The van der Waals surface area contributed by atoms with Crippen LogP contribution in [0.15, 0.2) is 59.5 Å². The Labute approximate surface area is 166 Å². The van der Waals surface area contributed by atoms with E-state index >= 15 is 0 Å². The van der Waals surface area contributed by atoms with E-state index in [1.807, 2.05) is 0 Å². The second kappa shape index (κ2) is 9.83. The topological polar surface area (TPSA) is 90.3 Å². The van der Waals surface area contributed by atoms with Gasteiger partial charge in [0.05, 0.1) is 17.4 Å². The molecule has 2 aromatic rings. The molecule has 2 aromatic carbocycles. The highest BCUT2D eigenvalue weighted by Gasteiger charge is 2.20. The maximum atomic E-state index is 12.5. The van der Waals surface area contributed by atoms with Crippen molar-refractivity contribution in [3.63, 3.8) is 0 Å². The Morgan fingerprint density at radius 1 is 1.07 bits per heavy atom. The Morgan fingerprint density at radius 3 is 2.21 bits per heavy atom. The standard InChI is InChI=1S/C21H23N3O3S/c1-3-24(4-2)28(26,27)20-12-7-17(8-13-20)9-14-21(25)23-19-10-5-18(6-11-19)15-16-22/h5-14H,3-4,15H2,1-2H3,(H,23,25). The van der Waals surface area contributed by atoms with Crippen molar-refractivity contribution in [2.45, 2.75) is 25.2 Å². The molecular formula is C21H23N3O3S. The van der Waals surface area contributed by atoms with Crippen LogP contribution in [0.3, 0.4) is 0 Å². The van der Waals surface area contributed by atoms with Crippen molar-refractivity contribution in [2.24, 2.45) is 0 Å². The summed E-state index contributed by atoms with van der Waals surface area (Å²) in [5.74, 6) is -0.298. The fraction of sp³-hybridized carbons (Fsp3) is 0.238. The van der Waals surface area contributed by atoms with Crippen molar-refractivity contribution in [3.8, 4) is 6.07 Å². The maximum Gasteiger partial charge on any atom is 0.248 e. The van der Waals surface area contributed by atoms with Gasteiger partial charge in [0.2, 0.25) is 15.9 Å². The van der Waals surface area contributed by atoms with E-state index in [-0.39, 0.29) is 10.8 Å². The molecule has 0 spiro atoms. The van der Waals surface area contributed by atoms with Crippen LogP contribution in [0.4, 0.5) is 5.69 Å². The monoisotopic (exact) mass is 397 g/mol. The summed E-state index contributed by atoms with van der Waals surface area (Å²) in [6.45, 7) is 4.43. The molecule has 0 aromatic heterocycles. The van der Waals surface area contributed by atoms with Crippen molar-refractivity contribution < 1.29 is 13.2 Å². The minimum absolute atomic E-state index is 0.232. The van der Waals surface area contributed by atoms with Crippen LogP contribution in [0.2, 0.25) is 0 Å². The molecule has 0 aliphatic heterocycles. The predicted molar refractivity (Wildman–Crippen MR) is 110 cm³/mol. The molecule has 0 saturated heterocycles. The molecule has 0 heterocycles. The second-order valence-electron chi connectivity index (χ2n) is 6.01. The van der Waals surface area contributed by atoms with Gasteiger partial charge in [-0.15, -0.1) is 0 Å². The summed E-state index contributed by atoms with van der Waals surface area (Å²) < 4.78 is 26.3. The Bertz CT molecular complexity index is 969. The van der Waals surface area contributed by atoms with E-state index in [1.165, 1.54) is 10.4 Å². The van der Waals surface area contributed by atoms with Crippen LogP contribution in [-0.4, -0.2) is 31.7 Å². The van der Waals surface area contributed by atoms with E-state index in [0.717, 1.165) is 11.1 Å². The van der Waals surface area contributed by atoms with Gasteiger partial charge in [0.15, 0.2) is 0 Å². The van der Waals surface area contributed by atoms with E-state index in [4.69, 9.17) is 5.26 Å². The first-order valence-corrected chi connectivity index (χ1v) is 10.4. The third kappa shape index (κ3) is 5.52. The van der Waals surface area contributed by atoms with Crippen molar-refractivity contribution in [1.29, 1.82) is 5.26 Å². The van der Waals surface area contributed by atoms with Crippen LogP contribution in [0, 0.1) is 11.3 Å². The number of anilines is 1. The smallest absolute Gasteiger partial charge is 0.248 e. The van der Waals surface area contributed by atoms with E-state index in [0.29, 0.717) is 25.2 Å². The van der Waals surface area contributed by atoms with Gasteiger partial charge in [-0.25, -0.2) is 8.42 Å².